The van der Waals surface area contributed by atoms with Crippen molar-refractivity contribution in [2.45, 2.75) is 56.4 Å². The summed E-state index contributed by atoms with van der Waals surface area (Å²) < 4.78 is 32.6. The minimum absolute atomic E-state index is 0.0743. The summed E-state index contributed by atoms with van der Waals surface area (Å²) in [6, 6.07) is 4.35. The summed E-state index contributed by atoms with van der Waals surface area (Å²) in [4.78, 5) is 15.6. The Balaban J connectivity index is 1.79. The number of amides is 1. The lowest BCUT2D eigenvalue weighted by Crippen LogP contribution is -2.59. The molecule has 0 radical (unpaired) electrons. The summed E-state index contributed by atoms with van der Waals surface area (Å²) in [6.07, 6.45) is 5.59. The Hall–Kier alpha value is -1.19. The van der Waals surface area contributed by atoms with E-state index in [0.717, 1.165) is 38.8 Å². The van der Waals surface area contributed by atoms with E-state index in [-0.39, 0.29) is 26.9 Å². The normalized spacial score (nSPS) is 20.0. The molecule has 2 fully saturated rings. The summed E-state index contributed by atoms with van der Waals surface area (Å²) in [5, 5.41) is 3.32. The van der Waals surface area contributed by atoms with Crippen molar-refractivity contribution in [1.82, 2.24) is 14.5 Å². The van der Waals surface area contributed by atoms with Gasteiger partial charge < -0.3 is 10.1 Å². The van der Waals surface area contributed by atoms with Crippen molar-refractivity contribution >= 4 is 27.5 Å². The molecule has 0 spiro atoms. The van der Waals surface area contributed by atoms with E-state index >= 15 is 0 Å². The average Bonchev–Trinajstić information content (AvgIpc) is 2.79. The van der Waals surface area contributed by atoms with Crippen molar-refractivity contribution in [2.24, 2.45) is 0 Å². The molecule has 0 atom stereocenters. The third-order valence-electron chi connectivity index (χ3n) is 6.57. The van der Waals surface area contributed by atoms with E-state index in [0.29, 0.717) is 32.8 Å². The van der Waals surface area contributed by atoms with Gasteiger partial charge in [-0.25, -0.2) is 8.42 Å². The van der Waals surface area contributed by atoms with Gasteiger partial charge in [-0.1, -0.05) is 44.7 Å². The Labute approximate surface area is 191 Å². The van der Waals surface area contributed by atoms with Gasteiger partial charge in [0, 0.05) is 38.3 Å². The fourth-order valence-corrected chi connectivity index (χ4v) is 6.43. The van der Waals surface area contributed by atoms with Crippen LogP contribution in [-0.4, -0.2) is 75.0 Å². The highest BCUT2D eigenvalue weighted by Crippen LogP contribution is 2.34. The fourth-order valence-electron chi connectivity index (χ4n) is 4.74. The maximum atomic E-state index is 13.1. The molecule has 1 saturated carbocycles. The maximum absolute atomic E-state index is 13.1. The number of nitrogens with zero attached hydrogens (tertiary/aromatic N) is 2. The topological polar surface area (TPSA) is 79.0 Å². The molecule has 1 amide bonds. The molecule has 31 heavy (non-hydrogen) atoms. The van der Waals surface area contributed by atoms with Crippen LogP contribution in [0.4, 0.5) is 0 Å². The molecule has 0 aromatic heterocycles. The quantitative estimate of drug-likeness (QED) is 0.630. The molecular weight excluding hydrogens is 438 g/mol. The van der Waals surface area contributed by atoms with Crippen LogP contribution in [0.5, 0.6) is 0 Å². The SMILES string of the molecule is CCN(CC)S(=O)(=O)c1ccc(Cl)c(C(=O)NCC2(N3CCOCC3)CCCCC2)c1. The third kappa shape index (κ3) is 5.42. The van der Waals surface area contributed by atoms with Gasteiger partial charge in [-0.3, -0.25) is 9.69 Å². The number of hydrogen-bond acceptors (Lipinski definition) is 5. The monoisotopic (exact) mass is 471 g/mol. The van der Waals surface area contributed by atoms with Gasteiger partial charge in [0.05, 0.1) is 28.7 Å². The largest absolute Gasteiger partial charge is 0.379 e. The summed E-state index contributed by atoms with van der Waals surface area (Å²) in [5.41, 5.74) is 0.123. The first-order valence-electron chi connectivity index (χ1n) is 11.2. The number of morpholine rings is 1. The minimum Gasteiger partial charge on any atom is -0.379 e. The molecule has 9 heteroatoms. The molecule has 1 saturated heterocycles. The highest BCUT2D eigenvalue weighted by molar-refractivity contribution is 7.89. The molecule has 1 aromatic carbocycles. The van der Waals surface area contributed by atoms with Gasteiger partial charge in [0.25, 0.3) is 5.91 Å². The standard InChI is InChI=1S/C22H34ClN3O4S/c1-3-26(4-2)31(28,29)18-8-9-20(23)19(16-18)21(27)24-17-22(10-6-5-7-11-22)25-12-14-30-15-13-25/h8-9,16H,3-7,10-15,17H2,1-2H3,(H,24,27). The van der Waals surface area contributed by atoms with E-state index in [9.17, 15) is 13.2 Å². The molecule has 174 valence electrons. The maximum Gasteiger partial charge on any atom is 0.252 e. The highest BCUT2D eigenvalue weighted by Gasteiger charge is 2.39. The second-order valence-corrected chi connectivity index (χ2v) is 10.6. The van der Waals surface area contributed by atoms with Gasteiger partial charge >= 0.3 is 0 Å². The summed E-state index contributed by atoms with van der Waals surface area (Å²) >= 11 is 6.30. The van der Waals surface area contributed by atoms with Crippen LogP contribution in [0.1, 0.15) is 56.3 Å². The number of benzene rings is 1. The van der Waals surface area contributed by atoms with E-state index < -0.39 is 10.0 Å². The second-order valence-electron chi connectivity index (χ2n) is 8.30. The smallest absolute Gasteiger partial charge is 0.252 e. The predicted molar refractivity (Wildman–Crippen MR) is 122 cm³/mol. The molecule has 0 unspecified atom stereocenters. The fraction of sp³-hybridized carbons (Fsp3) is 0.682. The number of halogens is 1. The first-order valence-corrected chi connectivity index (χ1v) is 13.1. The Morgan fingerprint density at radius 1 is 1.16 bits per heavy atom. The van der Waals surface area contributed by atoms with Crippen LogP contribution in [0.2, 0.25) is 5.02 Å². The van der Waals surface area contributed by atoms with Crippen LogP contribution in [0.25, 0.3) is 0 Å². The van der Waals surface area contributed by atoms with Gasteiger partial charge in [0.15, 0.2) is 0 Å². The van der Waals surface area contributed by atoms with E-state index in [1.54, 1.807) is 13.8 Å². The molecule has 0 bridgehead atoms. The van der Waals surface area contributed by atoms with Gasteiger partial charge in [0.2, 0.25) is 10.0 Å². The molecule has 3 rings (SSSR count). The Morgan fingerprint density at radius 3 is 2.42 bits per heavy atom. The van der Waals surface area contributed by atoms with Crippen molar-refractivity contribution in [2.75, 3.05) is 45.9 Å². The Kier molecular flexibility index (Phi) is 8.37. The van der Waals surface area contributed by atoms with Crippen LogP contribution in [0.15, 0.2) is 23.1 Å². The van der Waals surface area contributed by atoms with E-state index in [1.165, 1.54) is 28.9 Å². The number of sulfonamides is 1. The van der Waals surface area contributed by atoms with Crippen molar-refractivity contribution in [1.29, 1.82) is 0 Å². The Morgan fingerprint density at radius 2 is 1.81 bits per heavy atom. The van der Waals surface area contributed by atoms with Crippen molar-refractivity contribution < 1.29 is 17.9 Å². The second kappa shape index (κ2) is 10.6. The number of ether oxygens (including phenoxy) is 1. The zero-order valence-corrected chi connectivity index (χ0v) is 20.1. The zero-order chi connectivity index (χ0) is 22.5. The molecule has 1 aliphatic heterocycles. The average molecular weight is 472 g/mol. The number of hydrogen-bond donors (Lipinski definition) is 1. The number of carbonyl (C=O) groups excluding carboxylic acids is 1. The molecule has 7 nitrogen and oxygen atoms in total. The van der Waals surface area contributed by atoms with Crippen molar-refractivity contribution in [3.63, 3.8) is 0 Å². The molecule has 2 aliphatic rings. The van der Waals surface area contributed by atoms with Crippen LogP contribution in [0.3, 0.4) is 0 Å². The summed E-state index contributed by atoms with van der Waals surface area (Å²) in [5.74, 6) is -0.334. The van der Waals surface area contributed by atoms with Gasteiger partial charge in [-0.15, -0.1) is 0 Å². The zero-order valence-electron chi connectivity index (χ0n) is 18.5. The molecule has 1 aromatic rings. The van der Waals surface area contributed by atoms with Crippen LogP contribution in [-0.2, 0) is 14.8 Å². The molecule has 1 heterocycles. The molecule has 1 aliphatic carbocycles. The number of carbonyl (C=O) groups is 1. The summed E-state index contributed by atoms with van der Waals surface area (Å²) in [6.45, 7) is 8.01. The van der Waals surface area contributed by atoms with Crippen LogP contribution < -0.4 is 5.32 Å². The van der Waals surface area contributed by atoms with E-state index in [2.05, 4.69) is 10.2 Å². The van der Waals surface area contributed by atoms with Gasteiger partial charge in [-0.2, -0.15) is 4.31 Å². The van der Waals surface area contributed by atoms with Crippen LogP contribution >= 0.6 is 11.6 Å². The number of nitrogens with one attached hydrogen (secondary N) is 1. The predicted octanol–water partition coefficient (Wildman–Crippen LogP) is 3.14. The summed E-state index contributed by atoms with van der Waals surface area (Å²) in [7, 11) is -3.67. The van der Waals surface area contributed by atoms with Crippen LogP contribution in [0, 0.1) is 0 Å². The first-order chi connectivity index (χ1) is 14.8. The lowest BCUT2D eigenvalue weighted by atomic mass is 9.79. The molecular formula is C22H34ClN3O4S. The van der Waals surface area contributed by atoms with E-state index in [1.807, 2.05) is 0 Å². The molecule has 1 N–H and O–H groups in total. The third-order valence-corrected chi connectivity index (χ3v) is 8.95. The highest BCUT2D eigenvalue weighted by atomic mass is 35.5. The van der Waals surface area contributed by atoms with Gasteiger partial charge in [-0.05, 0) is 31.0 Å². The van der Waals surface area contributed by atoms with Gasteiger partial charge in [0.1, 0.15) is 0 Å². The lowest BCUT2D eigenvalue weighted by molar-refractivity contribution is -0.0361. The Bertz CT molecular complexity index is 862. The van der Waals surface area contributed by atoms with Crippen molar-refractivity contribution in [3.8, 4) is 0 Å². The number of rotatable bonds is 8. The lowest BCUT2D eigenvalue weighted by Gasteiger charge is -2.48. The minimum atomic E-state index is -3.67. The van der Waals surface area contributed by atoms with Crippen molar-refractivity contribution in [3.05, 3.63) is 28.8 Å². The first kappa shape index (κ1) is 24.5. The van der Waals surface area contributed by atoms with E-state index in [4.69, 9.17) is 16.3 Å².